The molecule has 1 atom stereocenters. The summed E-state index contributed by atoms with van der Waals surface area (Å²) >= 11 is 0. The second-order valence-corrected chi connectivity index (χ2v) is 4.44. The van der Waals surface area contributed by atoms with Gasteiger partial charge in [-0.2, -0.15) is 0 Å². The lowest BCUT2D eigenvalue weighted by Crippen LogP contribution is -2.40. The molecule has 1 unspecified atom stereocenters. The van der Waals surface area contributed by atoms with E-state index in [1.54, 1.807) is 18.2 Å². The number of hydrogen-bond acceptors (Lipinski definition) is 2. The van der Waals surface area contributed by atoms with E-state index in [4.69, 9.17) is 5.73 Å². The first-order valence-electron chi connectivity index (χ1n) is 5.36. The number of aryl methyl sites for hydroxylation is 1. The zero-order valence-corrected chi connectivity index (χ0v) is 9.74. The summed E-state index contributed by atoms with van der Waals surface area (Å²) in [6, 6.07) is 8.73. The normalized spacial score (nSPS) is 15.2. The lowest BCUT2D eigenvalue weighted by Gasteiger charge is -2.24. The Balaban J connectivity index is 2.56. The Hall–Kier alpha value is -1.55. The molecule has 0 bridgehead atoms. The van der Waals surface area contributed by atoms with Crippen molar-refractivity contribution >= 4 is 10.9 Å². The third kappa shape index (κ3) is 2.13. The van der Waals surface area contributed by atoms with Gasteiger partial charge >= 0.3 is 0 Å². The Bertz CT molecular complexity index is 550. The minimum Gasteiger partial charge on any atom is -0.317 e. The maximum absolute atomic E-state index is 12.8. The molecule has 0 spiro atoms. The lowest BCUT2D eigenvalue weighted by molar-refractivity contribution is 0.0626. The molecule has 2 rings (SSSR count). The molecule has 2 N–H and O–H groups in total. The minimum atomic E-state index is -2.60. The van der Waals surface area contributed by atoms with Crippen molar-refractivity contribution in [3.8, 4) is 0 Å². The van der Waals surface area contributed by atoms with Crippen LogP contribution in [0.15, 0.2) is 30.3 Å². The minimum absolute atomic E-state index is 0.422. The van der Waals surface area contributed by atoms with Gasteiger partial charge in [0.15, 0.2) is 0 Å². The molecular formula is C13H14F2N2. The highest BCUT2D eigenvalue weighted by molar-refractivity contribution is 5.79. The molecule has 0 aliphatic heterocycles. The average Bonchev–Trinajstić information content (AvgIpc) is 2.28. The van der Waals surface area contributed by atoms with Gasteiger partial charge in [0.25, 0.3) is 6.43 Å². The highest BCUT2D eigenvalue weighted by Crippen LogP contribution is 2.27. The van der Waals surface area contributed by atoms with Gasteiger partial charge in [0.2, 0.25) is 0 Å². The van der Waals surface area contributed by atoms with Gasteiger partial charge in [-0.3, -0.25) is 4.98 Å². The summed E-state index contributed by atoms with van der Waals surface area (Å²) in [7, 11) is 0. The first-order valence-corrected chi connectivity index (χ1v) is 5.36. The van der Waals surface area contributed by atoms with Crippen molar-refractivity contribution < 1.29 is 8.78 Å². The standard InChI is InChI=1S/C13H14F2N2/c1-8-3-4-9-7-10(5-6-11(9)17-8)13(2,16)12(14)15/h3-7,12H,16H2,1-2H3. The second kappa shape index (κ2) is 4.04. The van der Waals surface area contributed by atoms with Crippen molar-refractivity contribution in [3.05, 3.63) is 41.6 Å². The van der Waals surface area contributed by atoms with Crippen molar-refractivity contribution in [2.24, 2.45) is 5.73 Å². The molecule has 0 saturated heterocycles. The number of hydrogen-bond donors (Lipinski definition) is 1. The fraction of sp³-hybridized carbons (Fsp3) is 0.308. The SMILES string of the molecule is Cc1ccc2cc(C(C)(N)C(F)F)ccc2n1. The molecule has 0 radical (unpaired) electrons. The topological polar surface area (TPSA) is 38.9 Å². The van der Waals surface area contributed by atoms with Crippen LogP contribution in [0.2, 0.25) is 0 Å². The Kier molecular flexibility index (Phi) is 2.83. The molecule has 0 fully saturated rings. The number of fused-ring (bicyclic) bond motifs is 1. The fourth-order valence-corrected chi connectivity index (χ4v) is 1.69. The van der Waals surface area contributed by atoms with Gasteiger partial charge < -0.3 is 5.73 Å². The van der Waals surface area contributed by atoms with Crippen LogP contribution in [0.4, 0.5) is 8.78 Å². The van der Waals surface area contributed by atoms with Crippen LogP contribution < -0.4 is 5.73 Å². The van der Waals surface area contributed by atoms with Gasteiger partial charge in [-0.05, 0) is 37.6 Å². The van der Waals surface area contributed by atoms with Gasteiger partial charge in [0.1, 0.15) is 0 Å². The molecule has 0 aliphatic carbocycles. The maximum atomic E-state index is 12.8. The third-order valence-electron chi connectivity index (χ3n) is 2.90. The quantitative estimate of drug-likeness (QED) is 0.870. The molecule has 0 saturated carbocycles. The van der Waals surface area contributed by atoms with Crippen LogP contribution in [0, 0.1) is 6.92 Å². The van der Waals surface area contributed by atoms with Crippen molar-refractivity contribution in [2.75, 3.05) is 0 Å². The molecule has 2 aromatic rings. The van der Waals surface area contributed by atoms with Gasteiger partial charge in [-0.1, -0.05) is 12.1 Å². The van der Waals surface area contributed by atoms with E-state index in [2.05, 4.69) is 4.98 Å². The summed E-state index contributed by atoms with van der Waals surface area (Å²) < 4.78 is 25.6. The number of nitrogens with zero attached hydrogens (tertiary/aromatic N) is 1. The number of aromatic nitrogens is 1. The molecule has 0 aliphatic rings. The molecule has 1 heterocycles. The molecule has 0 amide bonds. The number of pyridine rings is 1. The van der Waals surface area contributed by atoms with Crippen LogP contribution in [0.1, 0.15) is 18.2 Å². The van der Waals surface area contributed by atoms with E-state index in [0.29, 0.717) is 5.56 Å². The average molecular weight is 236 g/mol. The third-order valence-corrected chi connectivity index (χ3v) is 2.90. The van der Waals surface area contributed by atoms with Crippen LogP contribution in [-0.4, -0.2) is 11.4 Å². The van der Waals surface area contributed by atoms with Gasteiger partial charge in [-0.25, -0.2) is 8.78 Å². The molecule has 1 aromatic carbocycles. The van der Waals surface area contributed by atoms with Crippen molar-refractivity contribution in [1.29, 1.82) is 0 Å². The molecule has 2 nitrogen and oxygen atoms in total. The fourth-order valence-electron chi connectivity index (χ4n) is 1.69. The van der Waals surface area contributed by atoms with E-state index < -0.39 is 12.0 Å². The lowest BCUT2D eigenvalue weighted by atomic mass is 9.92. The van der Waals surface area contributed by atoms with E-state index in [1.807, 2.05) is 19.1 Å². The summed E-state index contributed by atoms with van der Waals surface area (Å²) in [4.78, 5) is 4.32. The highest BCUT2D eigenvalue weighted by atomic mass is 19.3. The summed E-state index contributed by atoms with van der Waals surface area (Å²) in [6.07, 6.45) is -2.60. The van der Waals surface area contributed by atoms with E-state index in [9.17, 15) is 8.78 Å². The van der Waals surface area contributed by atoms with Crippen LogP contribution in [0.3, 0.4) is 0 Å². The summed E-state index contributed by atoms with van der Waals surface area (Å²) in [5.74, 6) is 0. The van der Waals surface area contributed by atoms with Crippen molar-refractivity contribution in [1.82, 2.24) is 4.98 Å². The first kappa shape index (κ1) is 11.9. The number of nitrogens with two attached hydrogens (primary N) is 1. The predicted octanol–water partition coefficient (Wildman–Crippen LogP) is 2.98. The summed E-state index contributed by atoms with van der Waals surface area (Å²) in [5.41, 5.74) is 6.12. The number of halogens is 2. The summed E-state index contributed by atoms with van der Waals surface area (Å²) in [5, 5.41) is 0.824. The van der Waals surface area contributed by atoms with E-state index in [0.717, 1.165) is 16.6 Å². The molecular weight excluding hydrogens is 222 g/mol. The maximum Gasteiger partial charge on any atom is 0.260 e. The number of alkyl halides is 2. The zero-order chi connectivity index (χ0) is 12.6. The molecule has 17 heavy (non-hydrogen) atoms. The van der Waals surface area contributed by atoms with Crippen LogP contribution in [0.5, 0.6) is 0 Å². The largest absolute Gasteiger partial charge is 0.317 e. The number of rotatable bonds is 2. The van der Waals surface area contributed by atoms with E-state index in [1.165, 1.54) is 6.92 Å². The number of benzene rings is 1. The Morgan fingerprint density at radius 1 is 1.24 bits per heavy atom. The Labute approximate surface area is 98.5 Å². The Morgan fingerprint density at radius 2 is 1.94 bits per heavy atom. The predicted molar refractivity (Wildman–Crippen MR) is 64.0 cm³/mol. The zero-order valence-electron chi connectivity index (χ0n) is 9.74. The first-order chi connectivity index (χ1) is 7.91. The molecule has 1 aromatic heterocycles. The molecule has 90 valence electrons. The Morgan fingerprint density at radius 3 is 2.59 bits per heavy atom. The molecule has 4 heteroatoms. The van der Waals surface area contributed by atoms with E-state index in [-0.39, 0.29) is 0 Å². The van der Waals surface area contributed by atoms with E-state index >= 15 is 0 Å². The smallest absolute Gasteiger partial charge is 0.260 e. The monoisotopic (exact) mass is 236 g/mol. The van der Waals surface area contributed by atoms with Gasteiger partial charge in [0, 0.05) is 11.1 Å². The highest BCUT2D eigenvalue weighted by Gasteiger charge is 2.32. The summed E-state index contributed by atoms with van der Waals surface area (Å²) in [6.45, 7) is 3.22. The van der Waals surface area contributed by atoms with Crippen molar-refractivity contribution in [3.63, 3.8) is 0 Å². The second-order valence-electron chi connectivity index (χ2n) is 4.44. The van der Waals surface area contributed by atoms with Gasteiger partial charge in [-0.15, -0.1) is 0 Å². The van der Waals surface area contributed by atoms with Crippen LogP contribution in [-0.2, 0) is 5.54 Å². The van der Waals surface area contributed by atoms with Gasteiger partial charge in [0.05, 0.1) is 11.1 Å². The van der Waals surface area contributed by atoms with Crippen LogP contribution >= 0.6 is 0 Å². The van der Waals surface area contributed by atoms with Crippen LogP contribution in [0.25, 0.3) is 10.9 Å². The van der Waals surface area contributed by atoms with Crippen molar-refractivity contribution in [2.45, 2.75) is 25.8 Å².